The van der Waals surface area contributed by atoms with Gasteiger partial charge in [-0.2, -0.15) is 0 Å². The summed E-state index contributed by atoms with van der Waals surface area (Å²) in [5.74, 6) is 6.14. The Labute approximate surface area is 206 Å². The molecule has 1 nitrogen and oxygen atoms in total. The van der Waals surface area contributed by atoms with Crippen LogP contribution in [-0.4, -0.2) is 32.4 Å². The maximum absolute atomic E-state index is 11.0. The Bertz CT molecular complexity index is 463. The number of allylic oxidation sites excluding steroid dienone is 1. The zero-order valence-electron chi connectivity index (χ0n) is 21.8. The first kappa shape index (κ1) is 31.1. The second-order valence-corrected chi connectivity index (χ2v) is 14.8. The molecule has 0 aliphatic rings. The van der Waals surface area contributed by atoms with Crippen LogP contribution in [0.5, 0.6) is 0 Å². The average Bonchev–Trinajstić information content (AvgIpc) is 2.79. The van der Waals surface area contributed by atoms with Crippen LogP contribution in [0.3, 0.4) is 0 Å². The normalized spacial score (nSPS) is 13.2. The molecule has 0 spiro atoms. The molecule has 0 aromatic carbocycles. The van der Waals surface area contributed by atoms with Gasteiger partial charge in [-0.25, -0.2) is 0 Å². The Balaban J connectivity index is 4.52. The predicted molar refractivity (Wildman–Crippen MR) is 142 cm³/mol. The first-order valence-electron chi connectivity index (χ1n) is 13.6. The van der Waals surface area contributed by atoms with Crippen LogP contribution in [0.25, 0.3) is 0 Å². The fourth-order valence-electron chi connectivity index (χ4n) is 4.48. The summed E-state index contributed by atoms with van der Waals surface area (Å²) >= 11 is -0.781. The third-order valence-electron chi connectivity index (χ3n) is 6.56. The standard InChI is InChI=1S/C16H27O.C13H27.Sn/c1-3-5-6-7-8-9-10-11-12-13-15-16(17)14-4-2;1-4-7-10-13(11-8-5-2)12-9-6-3;/h4,16-17H,6-13,15H2,1-2H3;4-12H2,1-3H3;. The molecule has 1 N–H and O–H groups in total. The number of rotatable bonds is 21. The molecular weight excluding hydrogens is 483 g/mol. The molecule has 180 valence electrons. The summed E-state index contributed by atoms with van der Waals surface area (Å²) in [6, 6.07) is 0. The molecule has 2 heteroatoms. The van der Waals surface area contributed by atoms with Gasteiger partial charge in [0.2, 0.25) is 0 Å². The molecule has 0 aromatic rings. The van der Waals surface area contributed by atoms with E-state index in [9.17, 15) is 5.11 Å². The molecule has 31 heavy (non-hydrogen) atoms. The molecule has 0 bridgehead atoms. The summed E-state index contributed by atoms with van der Waals surface area (Å²) in [5.41, 5.74) is 0. The molecule has 0 saturated carbocycles. The van der Waals surface area contributed by atoms with Crippen LogP contribution in [-0.2, 0) is 0 Å². The van der Waals surface area contributed by atoms with Gasteiger partial charge in [0.1, 0.15) is 0 Å². The third-order valence-corrected chi connectivity index (χ3v) is 12.8. The molecule has 0 aliphatic carbocycles. The number of aliphatic hydroxyl groups is 1. The van der Waals surface area contributed by atoms with Crippen molar-refractivity contribution in [1.29, 1.82) is 0 Å². The molecule has 0 aliphatic heterocycles. The predicted octanol–water partition coefficient (Wildman–Crippen LogP) is 9.22. The fourth-order valence-corrected chi connectivity index (χ4v) is 10.1. The summed E-state index contributed by atoms with van der Waals surface area (Å²) in [6.45, 7) is 11.1. The second-order valence-electron chi connectivity index (χ2n) is 9.42. The van der Waals surface area contributed by atoms with Gasteiger partial charge in [-0.15, -0.1) is 5.92 Å². The summed E-state index contributed by atoms with van der Waals surface area (Å²) in [4.78, 5) is 0. The Kier molecular flexibility index (Phi) is 21.9. The second kappa shape index (κ2) is 21.9. The van der Waals surface area contributed by atoms with E-state index in [0.29, 0.717) is 3.43 Å². The Morgan fingerprint density at radius 2 is 1.29 bits per heavy atom. The Morgan fingerprint density at radius 1 is 0.806 bits per heavy atom. The van der Waals surface area contributed by atoms with Crippen molar-refractivity contribution in [3.63, 3.8) is 0 Å². The van der Waals surface area contributed by atoms with Gasteiger partial charge in [0.05, 0.1) is 0 Å². The molecule has 1 unspecified atom stereocenters. The van der Waals surface area contributed by atoms with Crippen molar-refractivity contribution in [3.05, 3.63) is 9.67 Å². The van der Waals surface area contributed by atoms with Crippen molar-refractivity contribution in [2.45, 2.75) is 160 Å². The fraction of sp³-hybridized carbons (Fsp3) is 0.862. The van der Waals surface area contributed by atoms with Crippen LogP contribution in [0, 0.1) is 11.8 Å². The SMILES string of the molecule is CC#CCCCCCCCCCC(O)/[C](=C/C)[Sn][C](CCCC)(CCCC)CCCC. The molecule has 0 amide bonds. The molecule has 0 fully saturated rings. The van der Waals surface area contributed by atoms with Crippen molar-refractivity contribution >= 4 is 21.1 Å². The van der Waals surface area contributed by atoms with Crippen molar-refractivity contribution in [3.8, 4) is 11.8 Å². The van der Waals surface area contributed by atoms with Crippen molar-refractivity contribution in [2.24, 2.45) is 0 Å². The Hall–Kier alpha value is 0.0587. The quantitative estimate of drug-likeness (QED) is 0.0879. The monoisotopic (exact) mass is 538 g/mol. The van der Waals surface area contributed by atoms with Crippen molar-refractivity contribution in [1.82, 2.24) is 0 Å². The van der Waals surface area contributed by atoms with E-state index in [1.54, 1.807) is 0 Å². The van der Waals surface area contributed by atoms with Crippen LogP contribution in [0.15, 0.2) is 9.67 Å². The van der Waals surface area contributed by atoms with E-state index in [4.69, 9.17) is 0 Å². The number of hydrogen-bond acceptors (Lipinski definition) is 1. The van der Waals surface area contributed by atoms with E-state index in [2.05, 4.69) is 45.6 Å². The van der Waals surface area contributed by atoms with Gasteiger partial charge < -0.3 is 0 Å². The van der Waals surface area contributed by atoms with E-state index in [-0.39, 0.29) is 6.10 Å². The van der Waals surface area contributed by atoms with Gasteiger partial charge in [0.25, 0.3) is 0 Å². The summed E-state index contributed by atoms with van der Waals surface area (Å²) < 4.78 is 2.07. The van der Waals surface area contributed by atoms with Crippen LogP contribution in [0.2, 0.25) is 3.43 Å². The minimum absolute atomic E-state index is 0.159. The van der Waals surface area contributed by atoms with Crippen molar-refractivity contribution in [2.75, 3.05) is 0 Å². The summed E-state index contributed by atoms with van der Waals surface area (Å²) in [6.07, 6.45) is 25.5. The van der Waals surface area contributed by atoms with E-state index in [1.165, 1.54) is 106 Å². The number of unbranched alkanes of at least 4 members (excludes halogenated alkanes) is 10. The first-order valence-corrected chi connectivity index (χ1v) is 16.5. The third kappa shape index (κ3) is 16.3. The van der Waals surface area contributed by atoms with E-state index in [1.807, 2.05) is 6.92 Å². The molecule has 0 aromatic heterocycles. The molecule has 0 saturated heterocycles. The van der Waals surface area contributed by atoms with Gasteiger partial charge in [0, 0.05) is 0 Å². The van der Waals surface area contributed by atoms with E-state index < -0.39 is 21.1 Å². The van der Waals surface area contributed by atoms with Crippen LogP contribution < -0.4 is 0 Å². The number of aliphatic hydroxyl groups excluding tert-OH is 1. The molecule has 2 radical (unpaired) electrons. The first-order chi connectivity index (χ1) is 15.1. The minimum atomic E-state index is -0.781. The van der Waals surface area contributed by atoms with Crippen LogP contribution in [0.4, 0.5) is 0 Å². The summed E-state index contributed by atoms with van der Waals surface area (Å²) in [5, 5.41) is 11.0. The Morgan fingerprint density at radius 3 is 1.74 bits per heavy atom. The van der Waals surface area contributed by atoms with E-state index >= 15 is 0 Å². The van der Waals surface area contributed by atoms with Gasteiger partial charge in [-0.05, 0) is 6.92 Å². The molecule has 1 atom stereocenters. The van der Waals surface area contributed by atoms with Crippen molar-refractivity contribution < 1.29 is 5.11 Å². The van der Waals surface area contributed by atoms with Gasteiger partial charge in [0.15, 0.2) is 0 Å². The zero-order valence-corrected chi connectivity index (χ0v) is 24.7. The van der Waals surface area contributed by atoms with Gasteiger partial charge in [-0.1, -0.05) is 0 Å². The van der Waals surface area contributed by atoms with Crippen LogP contribution in [0.1, 0.15) is 150 Å². The van der Waals surface area contributed by atoms with Crippen LogP contribution >= 0.6 is 0 Å². The number of hydrogen-bond donors (Lipinski definition) is 1. The molecule has 0 rings (SSSR count). The topological polar surface area (TPSA) is 20.2 Å². The zero-order chi connectivity index (χ0) is 23.2. The average molecular weight is 537 g/mol. The summed E-state index contributed by atoms with van der Waals surface area (Å²) in [7, 11) is 0. The van der Waals surface area contributed by atoms with Gasteiger partial charge >= 0.3 is 195 Å². The molecule has 0 heterocycles. The molecular formula is C29H54OSn. The van der Waals surface area contributed by atoms with E-state index in [0.717, 1.165) is 12.8 Å². The van der Waals surface area contributed by atoms with Gasteiger partial charge in [-0.3, -0.25) is 0 Å². The maximum atomic E-state index is 11.0.